The maximum absolute atomic E-state index is 10.1. The van der Waals surface area contributed by atoms with Gasteiger partial charge in [0, 0.05) is 41.0 Å². The average molecular weight is 311 g/mol. The lowest BCUT2D eigenvalue weighted by molar-refractivity contribution is 0.278. The molecule has 2 aromatic heterocycles. The van der Waals surface area contributed by atoms with Crippen molar-refractivity contribution in [3.05, 3.63) is 59.0 Å². The topological polar surface area (TPSA) is 81.2 Å². The van der Waals surface area contributed by atoms with Crippen molar-refractivity contribution < 1.29 is 10.2 Å². The smallest absolute Gasteiger partial charge is 0.141 e. The zero-order chi connectivity index (χ0) is 16.2. The van der Waals surface area contributed by atoms with Gasteiger partial charge in [0.1, 0.15) is 5.75 Å². The molecule has 0 aliphatic rings. The Labute approximate surface area is 135 Å². The highest BCUT2D eigenvalue weighted by Gasteiger charge is 2.11. The van der Waals surface area contributed by atoms with Gasteiger partial charge in [-0.3, -0.25) is 4.98 Å². The average Bonchev–Trinajstić information content (AvgIpc) is 2.98. The highest BCUT2D eigenvalue weighted by molar-refractivity contribution is 5.83. The van der Waals surface area contributed by atoms with Gasteiger partial charge in [0.2, 0.25) is 0 Å². The number of rotatable bonds is 6. The molecule has 0 fully saturated rings. The lowest BCUT2D eigenvalue weighted by Gasteiger charge is -2.12. The van der Waals surface area contributed by atoms with Gasteiger partial charge in [0.05, 0.1) is 12.3 Å². The molecule has 3 aromatic rings. The van der Waals surface area contributed by atoms with E-state index in [0.29, 0.717) is 17.8 Å². The SMILES string of the molecule is Cc1ncc(CO)c(CNCCc2c[nH]c3ccccc23)c1O. The summed E-state index contributed by atoms with van der Waals surface area (Å²) in [6.07, 6.45) is 4.55. The highest BCUT2D eigenvalue weighted by Crippen LogP contribution is 2.23. The predicted molar refractivity (Wildman–Crippen MR) is 90.3 cm³/mol. The molecule has 3 rings (SSSR count). The van der Waals surface area contributed by atoms with Gasteiger partial charge in [-0.15, -0.1) is 0 Å². The second-order valence-corrected chi connectivity index (χ2v) is 5.64. The molecule has 0 radical (unpaired) electrons. The van der Waals surface area contributed by atoms with Gasteiger partial charge in [-0.25, -0.2) is 0 Å². The van der Waals surface area contributed by atoms with Gasteiger partial charge in [-0.2, -0.15) is 0 Å². The summed E-state index contributed by atoms with van der Waals surface area (Å²) < 4.78 is 0. The molecule has 0 bridgehead atoms. The summed E-state index contributed by atoms with van der Waals surface area (Å²) in [5, 5.41) is 24.1. The van der Waals surface area contributed by atoms with Crippen molar-refractivity contribution in [3.8, 4) is 5.75 Å². The Morgan fingerprint density at radius 2 is 2.04 bits per heavy atom. The first-order chi connectivity index (χ1) is 11.2. The third kappa shape index (κ3) is 3.21. The van der Waals surface area contributed by atoms with Crippen molar-refractivity contribution in [2.45, 2.75) is 26.5 Å². The molecule has 4 N–H and O–H groups in total. The molecule has 0 spiro atoms. The van der Waals surface area contributed by atoms with Crippen LogP contribution in [0.25, 0.3) is 10.9 Å². The number of nitrogens with one attached hydrogen (secondary N) is 2. The van der Waals surface area contributed by atoms with Crippen LogP contribution < -0.4 is 5.32 Å². The van der Waals surface area contributed by atoms with E-state index in [2.05, 4.69) is 27.4 Å². The number of H-pyrrole nitrogens is 1. The largest absolute Gasteiger partial charge is 0.506 e. The van der Waals surface area contributed by atoms with Gasteiger partial charge < -0.3 is 20.5 Å². The number of benzene rings is 1. The molecule has 5 nitrogen and oxygen atoms in total. The van der Waals surface area contributed by atoms with E-state index in [1.54, 1.807) is 13.1 Å². The number of aryl methyl sites for hydroxylation is 1. The second-order valence-electron chi connectivity index (χ2n) is 5.64. The van der Waals surface area contributed by atoms with E-state index in [1.807, 2.05) is 18.3 Å². The Kier molecular flexibility index (Phi) is 4.60. The zero-order valence-corrected chi connectivity index (χ0v) is 13.1. The predicted octanol–water partition coefficient (Wildman–Crippen LogP) is 2.40. The Balaban J connectivity index is 1.63. The van der Waals surface area contributed by atoms with E-state index in [4.69, 9.17) is 0 Å². The van der Waals surface area contributed by atoms with Crippen molar-refractivity contribution in [1.82, 2.24) is 15.3 Å². The van der Waals surface area contributed by atoms with Crippen molar-refractivity contribution in [1.29, 1.82) is 0 Å². The minimum Gasteiger partial charge on any atom is -0.506 e. The van der Waals surface area contributed by atoms with E-state index >= 15 is 0 Å². The number of pyridine rings is 1. The summed E-state index contributed by atoms with van der Waals surface area (Å²) in [6, 6.07) is 8.24. The quantitative estimate of drug-likeness (QED) is 0.527. The van der Waals surface area contributed by atoms with Gasteiger partial charge >= 0.3 is 0 Å². The minimum absolute atomic E-state index is 0.125. The number of hydrogen-bond donors (Lipinski definition) is 4. The van der Waals surface area contributed by atoms with Crippen LogP contribution in [-0.2, 0) is 19.6 Å². The molecule has 0 unspecified atom stereocenters. The summed E-state index contributed by atoms with van der Waals surface area (Å²) in [7, 11) is 0. The molecule has 0 aliphatic heterocycles. The Morgan fingerprint density at radius 3 is 2.87 bits per heavy atom. The number of hydrogen-bond acceptors (Lipinski definition) is 4. The van der Waals surface area contributed by atoms with Crippen LogP contribution in [0.5, 0.6) is 5.75 Å². The summed E-state index contributed by atoms with van der Waals surface area (Å²) in [4.78, 5) is 7.34. The number of para-hydroxylation sites is 1. The molecule has 23 heavy (non-hydrogen) atoms. The molecule has 1 aromatic carbocycles. The third-order valence-corrected chi connectivity index (χ3v) is 4.15. The molecule has 0 saturated carbocycles. The maximum atomic E-state index is 10.1. The van der Waals surface area contributed by atoms with Crippen LogP contribution in [0.1, 0.15) is 22.4 Å². The molecular formula is C18H21N3O2. The van der Waals surface area contributed by atoms with Gasteiger partial charge in [-0.1, -0.05) is 18.2 Å². The highest BCUT2D eigenvalue weighted by atomic mass is 16.3. The van der Waals surface area contributed by atoms with Crippen LogP contribution in [-0.4, -0.2) is 26.7 Å². The van der Waals surface area contributed by atoms with Crippen molar-refractivity contribution in [2.75, 3.05) is 6.54 Å². The van der Waals surface area contributed by atoms with Crippen molar-refractivity contribution in [3.63, 3.8) is 0 Å². The summed E-state index contributed by atoms with van der Waals surface area (Å²) in [5.41, 5.74) is 4.38. The number of nitrogens with zero attached hydrogens (tertiary/aromatic N) is 1. The first-order valence-corrected chi connectivity index (χ1v) is 7.73. The first kappa shape index (κ1) is 15.5. The zero-order valence-electron chi connectivity index (χ0n) is 13.1. The molecule has 5 heteroatoms. The molecule has 2 heterocycles. The van der Waals surface area contributed by atoms with Gasteiger partial charge in [0.15, 0.2) is 0 Å². The van der Waals surface area contributed by atoms with Gasteiger partial charge in [0.25, 0.3) is 0 Å². The van der Waals surface area contributed by atoms with Crippen LogP contribution in [0.3, 0.4) is 0 Å². The Bertz CT molecular complexity index is 811. The minimum atomic E-state index is -0.125. The first-order valence-electron chi connectivity index (χ1n) is 7.73. The summed E-state index contributed by atoms with van der Waals surface area (Å²) >= 11 is 0. The molecule has 0 aliphatic carbocycles. The molecule has 120 valence electrons. The number of aromatic nitrogens is 2. The fourth-order valence-corrected chi connectivity index (χ4v) is 2.79. The molecule has 0 saturated heterocycles. The number of aliphatic hydroxyl groups is 1. The van der Waals surface area contributed by atoms with E-state index in [-0.39, 0.29) is 12.4 Å². The number of aromatic hydroxyl groups is 1. The van der Waals surface area contributed by atoms with E-state index in [1.165, 1.54) is 10.9 Å². The van der Waals surface area contributed by atoms with E-state index in [0.717, 1.165) is 24.0 Å². The second kappa shape index (κ2) is 6.81. The Morgan fingerprint density at radius 1 is 1.22 bits per heavy atom. The van der Waals surface area contributed by atoms with Crippen LogP contribution >= 0.6 is 0 Å². The fourth-order valence-electron chi connectivity index (χ4n) is 2.79. The van der Waals surface area contributed by atoms with E-state index in [9.17, 15) is 10.2 Å². The molecule has 0 amide bonds. The van der Waals surface area contributed by atoms with Crippen LogP contribution in [0.15, 0.2) is 36.7 Å². The Hall–Kier alpha value is -2.37. The van der Waals surface area contributed by atoms with E-state index < -0.39 is 0 Å². The maximum Gasteiger partial charge on any atom is 0.141 e. The van der Waals surface area contributed by atoms with Crippen LogP contribution in [0, 0.1) is 6.92 Å². The molecular weight excluding hydrogens is 290 g/mol. The molecule has 0 atom stereocenters. The lowest BCUT2D eigenvalue weighted by Crippen LogP contribution is -2.18. The number of fused-ring (bicyclic) bond motifs is 1. The summed E-state index contributed by atoms with van der Waals surface area (Å²) in [5.74, 6) is 0.163. The normalized spacial score (nSPS) is 11.2. The van der Waals surface area contributed by atoms with Crippen LogP contribution in [0.2, 0.25) is 0 Å². The standard InChI is InChI=1S/C18H21N3O2/c1-12-18(23)16(14(11-22)9-20-12)10-19-7-6-13-8-21-17-5-3-2-4-15(13)17/h2-5,8-9,19,21-23H,6-7,10-11H2,1H3. The monoisotopic (exact) mass is 311 g/mol. The lowest BCUT2D eigenvalue weighted by atomic mass is 10.1. The van der Waals surface area contributed by atoms with Gasteiger partial charge in [-0.05, 0) is 31.5 Å². The third-order valence-electron chi connectivity index (χ3n) is 4.15. The number of aliphatic hydroxyl groups excluding tert-OH is 1. The van der Waals surface area contributed by atoms with Crippen molar-refractivity contribution in [2.24, 2.45) is 0 Å². The van der Waals surface area contributed by atoms with Crippen molar-refractivity contribution >= 4 is 10.9 Å². The van der Waals surface area contributed by atoms with Crippen LogP contribution in [0.4, 0.5) is 0 Å². The summed E-state index contributed by atoms with van der Waals surface area (Å²) in [6.45, 7) is 2.92. The number of aromatic amines is 1. The fraction of sp³-hybridized carbons (Fsp3) is 0.278.